The van der Waals surface area contributed by atoms with E-state index >= 15 is 0 Å². The van der Waals surface area contributed by atoms with Gasteiger partial charge in [-0.05, 0) is 25.5 Å². The SMILES string of the molecule is Cc1ccc(N2CCCC2=O)c(C(=O)NC[C@H](O)C(F)(F)F)c1. The largest absolute Gasteiger partial charge is 0.416 e. The summed E-state index contributed by atoms with van der Waals surface area (Å²) in [5.41, 5.74) is 1.23. The molecule has 8 heteroatoms. The van der Waals surface area contributed by atoms with E-state index in [-0.39, 0.29) is 11.5 Å². The summed E-state index contributed by atoms with van der Waals surface area (Å²) in [7, 11) is 0. The van der Waals surface area contributed by atoms with Crippen LogP contribution in [0.25, 0.3) is 0 Å². The maximum atomic E-state index is 12.3. The number of benzene rings is 1. The van der Waals surface area contributed by atoms with Gasteiger partial charge < -0.3 is 15.3 Å². The molecule has 0 radical (unpaired) electrons. The lowest BCUT2D eigenvalue weighted by molar-refractivity contribution is -0.201. The monoisotopic (exact) mass is 330 g/mol. The first-order chi connectivity index (χ1) is 10.7. The summed E-state index contributed by atoms with van der Waals surface area (Å²) in [6.07, 6.45) is -6.39. The maximum Gasteiger partial charge on any atom is 0.416 e. The van der Waals surface area contributed by atoms with E-state index in [0.717, 1.165) is 5.56 Å². The number of nitrogens with one attached hydrogen (secondary N) is 1. The predicted octanol–water partition coefficient (Wildman–Crippen LogP) is 1.77. The molecule has 1 aromatic carbocycles. The fraction of sp³-hybridized carbons (Fsp3) is 0.467. The zero-order valence-corrected chi connectivity index (χ0v) is 12.5. The van der Waals surface area contributed by atoms with Gasteiger partial charge in [0.15, 0.2) is 6.10 Å². The number of carbonyl (C=O) groups is 2. The number of anilines is 1. The van der Waals surface area contributed by atoms with Crippen LogP contribution in [0.4, 0.5) is 18.9 Å². The van der Waals surface area contributed by atoms with E-state index in [1.807, 2.05) is 0 Å². The third-order valence-corrected chi connectivity index (χ3v) is 3.59. The number of hydrogen-bond acceptors (Lipinski definition) is 3. The zero-order valence-electron chi connectivity index (χ0n) is 12.5. The van der Waals surface area contributed by atoms with Crippen molar-refractivity contribution in [2.75, 3.05) is 18.0 Å². The highest BCUT2D eigenvalue weighted by atomic mass is 19.4. The molecule has 126 valence electrons. The van der Waals surface area contributed by atoms with Crippen LogP contribution in [-0.2, 0) is 4.79 Å². The van der Waals surface area contributed by atoms with Crippen LogP contribution in [0.3, 0.4) is 0 Å². The lowest BCUT2D eigenvalue weighted by atomic mass is 10.1. The van der Waals surface area contributed by atoms with E-state index in [0.29, 0.717) is 25.1 Å². The summed E-state index contributed by atoms with van der Waals surface area (Å²) in [5, 5.41) is 11.0. The molecule has 1 saturated heterocycles. The average Bonchev–Trinajstić information content (AvgIpc) is 2.89. The molecule has 0 bridgehead atoms. The van der Waals surface area contributed by atoms with Crippen LogP contribution in [0.1, 0.15) is 28.8 Å². The first-order valence-corrected chi connectivity index (χ1v) is 7.14. The smallest absolute Gasteiger partial charge is 0.382 e. The number of alkyl halides is 3. The standard InChI is InChI=1S/C15H17F3N2O3/c1-9-4-5-11(20-6-2-3-13(20)22)10(7-9)14(23)19-8-12(21)15(16,17)18/h4-5,7,12,21H,2-3,6,8H2,1H3,(H,19,23)/t12-/m0/s1. The Balaban J connectivity index is 2.19. The quantitative estimate of drug-likeness (QED) is 0.884. The molecule has 0 aliphatic carbocycles. The zero-order chi connectivity index (χ0) is 17.2. The van der Waals surface area contributed by atoms with Crippen molar-refractivity contribution in [2.45, 2.75) is 32.0 Å². The maximum absolute atomic E-state index is 12.3. The molecule has 1 aromatic rings. The molecular weight excluding hydrogens is 313 g/mol. The number of carbonyl (C=O) groups excluding carboxylic acids is 2. The van der Waals surface area contributed by atoms with Crippen molar-refractivity contribution in [1.82, 2.24) is 5.32 Å². The molecule has 0 saturated carbocycles. The summed E-state index contributed by atoms with van der Waals surface area (Å²) >= 11 is 0. The second kappa shape index (κ2) is 6.57. The summed E-state index contributed by atoms with van der Waals surface area (Å²) in [6, 6.07) is 4.84. The minimum absolute atomic E-state index is 0.120. The van der Waals surface area contributed by atoms with Crippen LogP contribution in [0.5, 0.6) is 0 Å². The fourth-order valence-electron chi connectivity index (χ4n) is 2.37. The normalized spacial score (nSPS) is 16.6. The number of halogens is 3. The molecule has 1 atom stereocenters. The van der Waals surface area contributed by atoms with E-state index in [1.54, 1.807) is 19.1 Å². The number of aliphatic hydroxyl groups excluding tert-OH is 1. The second-order valence-electron chi connectivity index (χ2n) is 5.44. The summed E-state index contributed by atoms with van der Waals surface area (Å²) in [4.78, 5) is 25.5. The first kappa shape index (κ1) is 17.3. The van der Waals surface area contributed by atoms with Gasteiger partial charge in [0, 0.05) is 13.0 Å². The van der Waals surface area contributed by atoms with Gasteiger partial charge in [0.05, 0.1) is 17.8 Å². The Bertz CT molecular complexity index is 616. The van der Waals surface area contributed by atoms with Gasteiger partial charge in [-0.2, -0.15) is 13.2 Å². The Morgan fingerprint density at radius 2 is 2.13 bits per heavy atom. The molecule has 1 aliphatic rings. The third kappa shape index (κ3) is 4.01. The van der Waals surface area contributed by atoms with Crippen molar-refractivity contribution >= 4 is 17.5 Å². The van der Waals surface area contributed by atoms with Crippen molar-refractivity contribution in [3.63, 3.8) is 0 Å². The number of aliphatic hydroxyl groups is 1. The minimum atomic E-state index is -4.80. The van der Waals surface area contributed by atoms with Crippen molar-refractivity contribution in [1.29, 1.82) is 0 Å². The number of nitrogens with zero attached hydrogens (tertiary/aromatic N) is 1. The Kier molecular flexibility index (Phi) is 4.93. The molecule has 0 aromatic heterocycles. The van der Waals surface area contributed by atoms with Crippen LogP contribution in [-0.4, -0.2) is 42.3 Å². The summed E-state index contributed by atoms with van der Waals surface area (Å²) < 4.78 is 36.9. The highest BCUT2D eigenvalue weighted by Gasteiger charge is 2.38. The summed E-state index contributed by atoms with van der Waals surface area (Å²) in [5.74, 6) is -0.884. The second-order valence-corrected chi connectivity index (χ2v) is 5.44. The van der Waals surface area contributed by atoms with Gasteiger partial charge in [0.25, 0.3) is 5.91 Å². The van der Waals surface area contributed by atoms with Crippen molar-refractivity contribution in [2.24, 2.45) is 0 Å². The molecule has 2 N–H and O–H groups in total. The van der Waals surface area contributed by atoms with E-state index in [2.05, 4.69) is 5.32 Å². The summed E-state index contributed by atoms with van der Waals surface area (Å²) in [6.45, 7) is 1.26. The van der Waals surface area contributed by atoms with Gasteiger partial charge in [-0.1, -0.05) is 11.6 Å². The average molecular weight is 330 g/mol. The van der Waals surface area contributed by atoms with Crippen LogP contribution < -0.4 is 10.2 Å². The van der Waals surface area contributed by atoms with Crippen molar-refractivity contribution in [3.05, 3.63) is 29.3 Å². The Morgan fingerprint density at radius 3 is 2.70 bits per heavy atom. The molecule has 0 spiro atoms. The minimum Gasteiger partial charge on any atom is -0.382 e. The topological polar surface area (TPSA) is 69.6 Å². The van der Waals surface area contributed by atoms with Crippen LogP contribution >= 0.6 is 0 Å². The molecule has 0 unspecified atom stereocenters. The van der Waals surface area contributed by atoms with E-state index in [9.17, 15) is 22.8 Å². The molecule has 1 fully saturated rings. The molecule has 2 rings (SSSR count). The lowest BCUT2D eigenvalue weighted by Crippen LogP contribution is -2.41. The third-order valence-electron chi connectivity index (χ3n) is 3.59. The Labute approximate surface area is 131 Å². The molecule has 23 heavy (non-hydrogen) atoms. The van der Waals surface area contributed by atoms with E-state index in [4.69, 9.17) is 5.11 Å². The van der Waals surface area contributed by atoms with Crippen molar-refractivity contribution < 1.29 is 27.9 Å². The van der Waals surface area contributed by atoms with Gasteiger partial charge in [-0.3, -0.25) is 9.59 Å². The molecule has 5 nitrogen and oxygen atoms in total. The van der Waals surface area contributed by atoms with Crippen LogP contribution in [0, 0.1) is 6.92 Å². The van der Waals surface area contributed by atoms with Gasteiger partial charge in [-0.25, -0.2) is 0 Å². The molecule has 1 aliphatic heterocycles. The highest BCUT2D eigenvalue weighted by molar-refractivity contribution is 6.05. The molecular formula is C15H17F3N2O3. The lowest BCUT2D eigenvalue weighted by Gasteiger charge is -2.21. The van der Waals surface area contributed by atoms with E-state index in [1.165, 1.54) is 11.0 Å². The first-order valence-electron chi connectivity index (χ1n) is 7.14. The molecule has 2 amide bonds. The number of hydrogen-bond donors (Lipinski definition) is 2. The Morgan fingerprint density at radius 1 is 1.43 bits per heavy atom. The number of aryl methyl sites for hydroxylation is 1. The highest BCUT2D eigenvalue weighted by Crippen LogP contribution is 2.27. The van der Waals surface area contributed by atoms with Gasteiger partial charge in [0.1, 0.15) is 0 Å². The molecule has 1 heterocycles. The van der Waals surface area contributed by atoms with Gasteiger partial charge in [0.2, 0.25) is 5.91 Å². The van der Waals surface area contributed by atoms with Crippen molar-refractivity contribution in [3.8, 4) is 0 Å². The fourth-order valence-corrected chi connectivity index (χ4v) is 2.37. The van der Waals surface area contributed by atoms with Gasteiger partial charge in [-0.15, -0.1) is 0 Å². The van der Waals surface area contributed by atoms with Crippen LogP contribution in [0.15, 0.2) is 18.2 Å². The Hall–Kier alpha value is -2.09. The number of rotatable bonds is 4. The van der Waals surface area contributed by atoms with Gasteiger partial charge >= 0.3 is 6.18 Å². The number of amides is 2. The predicted molar refractivity (Wildman–Crippen MR) is 77.2 cm³/mol. The van der Waals surface area contributed by atoms with E-state index < -0.39 is 24.7 Å². The van der Waals surface area contributed by atoms with Crippen LogP contribution in [0.2, 0.25) is 0 Å².